The second-order valence-corrected chi connectivity index (χ2v) is 11.3. The lowest BCUT2D eigenvalue weighted by Crippen LogP contribution is -2.36. The van der Waals surface area contributed by atoms with E-state index in [2.05, 4.69) is 49.1 Å². The number of carbonyl (C=O) groups is 2. The molecular weight excluding hydrogens is 575 g/mol. The van der Waals surface area contributed by atoms with Gasteiger partial charge in [-0.2, -0.15) is 5.26 Å². The van der Waals surface area contributed by atoms with Gasteiger partial charge in [-0.1, -0.05) is 0 Å². The monoisotopic (exact) mass is 626 g/mol. The van der Waals surface area contributed by atoms with Crippen molar-refractivity contribution in [2.75, 3.05) is 46.1 Å². The van der Waals surface area contributed by atoms with E-state index >= 15 is 0 Å². The Hall–Kier alpha value is -2.20. The SMILES string of the molecule is CCOC(CNC(=O)c1cc(COP(OCCC#N)N(C(C)C)C(C)C)cc(C(=O)NCC(OCC)OCC)c1)OCC. The second kappa shape index (κ2) is 22.3. The van der Waals surface area contributed by atoms with E-state index in [0.717, 1.165) is 0 Å². The Labute approximate surface area is 258 Å². The third-order valence-electron chi connectivity index (χ3n) is 5.79. The molecule has 0 heterocycles. The van der Waals surface area contributed by atoms with E-state index in [0.29, 0.717) is 32.0 Å². The van der Waals surface area contributed by atoms with Crippen LogP contribution < -0.4 is 10.6 Å². The molecule has 2 amide bonds. The fourth-order valence-corrected chi connectivity index (χ4v) is 5.71. The van der Waals surface area contributed by atoms with Gasteiger partial charge in [-0.25, -0.2) is 4.67 Å². The molecule has 1 unspecified atom stereocenters. The second-order valence-electron chi connectivity index (χ2n) is 9.84. The van der Waals surface area contributed by atoms with Gasteiger partial charge in [0.2, 0.25) is 0 Å². The van der Waals surface area contributed by atoms with Gasteiger partial charge in [0.1, 0.15) is 0 Å². The molecule has 0 aliphatic heterocycles. The highest BCUT2D eigenvalue weighted by Crippen LogP contribution is 2.46. The van der Waals surface area contributed by atoms with Crippen molar-refractivity contribution in [1.82, 2.24) is 15.3 Å². The van der Waals surface area contributed by atoms with E-state index < -0.39 is 21.1 Å². The van der Waals surface area contributed by atoms with Gasteiger partial charge in [0.15, 0.2) is 12.6 Å². The molecule has 0 spiro atoms. The number of benzene rings is 1. The fourth-order valence-electron chi connectivity index (χ4n) is 4.11. The molecular formula is C30H51N4O8P. The summed E-state index contributed by atoms with van der Waals surface area (Å²) in [6.45, 7) is 17.9. The lowest BCUT2D eigenvalue weighted by molar-refractivity contribution is -0.131. The summed E-state index contributed by atoms with van der Waals surface area (Å²) in [5.74, 6) is -0.777. The Kier molecular flexibility index (Phi) is 20.2. The van der Waals surface area contributed by atoms with Gasteiger partial charge in [-0.15, -0.1) is 0 Å². The van der Waals surface area contributed by atoms with Crippen LogP contribution in [0.15, 0.2) is 18.2 Å². The minimum Gasteiger partial charge on any atom is -0.351 e. The summed E-state index contributed by atoms with van der Waals surface area (Å²) in [6, 6.07) is 7.24. The number of nitrogens with zero attached hydrogens (tertiary/aromatic N) is 2. The Morgan fingerprint density at radius 2 is 1.23 bits per heavy atom. The first-order valence-corrected chi connectivity index (χ1v) is 16.1. The maximum atomic E-state index is 13.2. The number of hydrogen-bond donors (Lipinski definition) is 2. The summed E-state index contributed by atoms with van der Waals surface area (Å²) in [6.07, 6.45) is -0.940. The maximum absolute atomic E-state index is 13.2. The van der Waals surface area contributed by atoms with Crippen LogP contribution in [-0.2, 0) is 34.6 Å². The molecule has 1 atom stereocenters. The summed E-state index contributed by atoms with van der Waals surface area (Å²) in [7, 11) is -1.52. The Bertz CT molecular complexity index is 921. The van der Waals surface area contributed by atoms with Gasteiger partial charge in [0.25, 0.3) is 20.3 Å². The van der Waals surface area contributed by atoms with Crippen molar-refractivity contribution < 1.29 is 37.6 Å². The minimum atomic E-state index is -1.52. The molecule has 0 radical (unpaired) electrons. The Morgan fingerprint density at radius 1 is 0.791 bits per heavy atom. The molecule has 1 aromatic rings. The fraction of sp³-hybridized carbons (Fsp3) is 0.700. The van der Waals surface area contributed by atoms with Gasteiger partial charge >= 0.3 is 0 Å². The third-order valence-corrected chi connectivity index (χ3v) is 7.84. The maximum Gasteiger partial charge on any atom is 0.259 e. The van der Waals surface area contributed by atoms with E-state index in [9.17, 15) is 9.59 Å². The van der Waals surface area contributed by atoms with Gasteiger partial charge in [-0.05, 0) is 79.2 Å². The lowest BCUT2D eigenvalue weighted by Gasteiger charge is -2.35. The van der Waals surface area contributed by atoms with E-state index in [1.807, 2.05) is 27.7 Å². The number of nitriles is 1. The number of rotatable bonds is 23. The lowest BCUT2D eigenvalue weighted by atomic mass is 10.0. The van der Waals surface area contributed by atoms with E-state index in [-0.39, 0.29) is 67.7 Å². The normalized spacial score (nSPS) is 12.4. The molecule has 0 saturated carbocycles. The first-order valence-electron chi connectivity index (χ1n) is 15.0. The van der Waals surface area contributed by atoms with Crippen LogP contribution in [0.25, 0.3) is 0 Å². The van der Waals surface area contributed by atoms with Crippen molar-refractivity contribution in [1.29, 1.82) is 5.26 Å². The van der Waals surface area contributed by atoms with Crippen molar-refractivity contribution in [2.24, 2.45) is 0 Å². The van der Waals surface area contributed by atoms with Crippen LogP contribution in [0.4, 0.5) is 0 Å². The third kappa shape index (κ3) is 14.9. The molecule has 13 heteroatoms. The number of nitrogens with one attached hydrogen (secondary N) is 2. The van der Waals surface area contributed by atoms with E-state index in [1.54, 1.807) is 12.1 Å². The van der Waals surface area contributed by atoms with Crippen LogP contribution in [0.2, 0.25) is 0 Å². The average Bonchev–Trinajstić information content (AvgIpc) is 2.97. The number of carbonyl (C=O) groups excluding carboxylic acids is 2. The average molecular weight is 627 g/mol. The van der Waals surface area contributed by atoms with E-state index in [4.69, 9.17) is 33.3 Å². The first kappa shape index (κ1) is 38.8. The number of amides is 2. The summed E-state index contributed by atoms with van der Waals surface area (Å²) in [5, 5.41) is 14.7. The number of ether oxygens (including phenoxy) is 4. The zero-order valence-electron chi connectivity index (χ0n) is 27.0. The predicted octanol–water partition coefficient (Wildman–Crippen LogP) is 4.74. The van der Waals surface area contributed by atoms with Crippen LogP contribution in [0.3, 0.4) is 0 Å². The molecule has 1 aromatic carbocycles. The standard InChI is InChI=1S/C30H51N4O8P/c1-9-37-27(38-10-2)19-32-29(35)25-16-24(17-26(18-25)30(36)33-20-28(39-11-3)40-12-4)21-42-43(41-15-13-14-31)34(22(5)6)23(7)8/h16-18,22-23,27-28H,9-13,15,19-21H2,1-8H3,(H,32,35)(H,33,36). The summed E-state index contributed by atoms with van der Waals surface area (Å²) in [4.78, 5) is 26.5. The van der Waals surface area contributed by atoms with E-state index in [1.165, 1.54) is 6.07 Å². The van der Waals surface area contributed by atoms with Crippen LogP contribution in [-0.4, -0.2) is 87.3 Å². The molecule has 0 aromatic heterocycles. The molecule has 244 valence electrons. The van der Waals surface area contributed by atoms with Crippen molar-refractivity contribution in [3.8, 4) is 6.07 Å². The molecule has 0 saturated heterocycles. The highest BCUT2D eigenvalue weighted by molar-refractivity contribution is 7.44. The zero-order chi connectivity index (χ0) is 32.2. The summed E-state index contributed by atoms with van der Waals surface area (Å²) in [5.41, 5.74) is 1.17. The Morgan fingerprint density at radius 3 is 1.60 bits per heavy atom. The van der Waals surface area contributed by atoms with Crippen LogP contribution in [0.5, 0.6) is 0 Å². The summed E-state index contributed by atoms with van der Waals surface area (Å²) < 4.78 is 36.5. The molecule has 0 aliphatic carbocycles. The molecule has 0 fully saturated rings. The first-order chi connectivity index (χ1) is 20.6. The number of hydrogen-bond acceptors (Lipinski definition) is 10. The highest BCUT2D eigenvalue weighted by atomic mass is 31.2. The highest BCUT2D eigenvalue weighted by Gasteiger charge is 2.27. The van der Waals surface area contributed by atoms with Crippen molar-refractivity contribution >= 4 is 20.3 Å². The predicted molar refractivity (Wildman–Crippen MR) is 165 cm³/mol. The van der Waals surface area contributed by atoms with Gasteiger partial charge in [0, 0.05) is 49.6 Å². The van der Waals surface area contributed by atoms with Crippen LogP contribution >= 0.6 is 8.53 Å². The largest absolute Gasteiger partial charge is 0.351 e. The molecule has 43 heavy (non-hydrogen) atoms. The minimum absolute atomic E-state index is 0.0800. The molecule has 2 N–H and O–H groups in total. The zero-order valence-corrected chi connectivity index (χ0v) is 27.9. The van der Waals surface area contributed by atoms with Crippen molar-refractivity contribution in [2.45, 2.75) is 93.1 Å². The molecule has 0 aliphatic rings. The smallest absolute Gasteiger partial charge is 0.259 e. The van der Waals surface area contributed by atoms with Gasteiger partial charge < -0.3 is 38.6 Å². The van der Waals surface area contributed by atoms with Crippen LogP contribution in [0, 0.1) is 11.3 Å². The molecule has 1 rings (SSSR count). The van der Waals surface area contributed by atoms with Crippen LogP contribution in [0.1, 0.15) is 88.1 Å². The molecule has 12 nitrogen and oxygen atoms in total. The van der Waals surface area contributed by atoms with Crippen molar-refractivity contribution in [3.63, 3.8) is 0 Å². The summed E-state index contributed by atoms with van der Waals surface area (Å²) >= 11 is 0. The quantitative estimate of drug-likeness (QED) is 0.0995. The van der Waals surface area contributed by atoms with Crippen molar-refractivity contribution in [3.05, 3.63) is 34.9 Å². The van der Waals surface area contributed by atoms with Gasteiger partial charge in [0.05, 0.1) is 38.8 Å². The Balaban J connectivity index is 3.28. The topological polar surface area (TPSA) is 141 Å². The van der Waals surface area contributed by atoms with Gasteiger partial charge in [-0.3, -0.25) is 9.59 Å². The molecule has 0 bridgehead atoms.